The van der Waals surface area contributed by atoms with Gasteiger partial charge < -0.3 is 25.3 Å². The number of ether oxygens (including phenoxy) is 1. The molecular weight excluding hydrogens is 468 g/mol. The van der Waals surface area contributed by atoms with Gasteiger partial charge >= 0.3 is 0 Å². The van der Waals surface area contributed by atoms with Crippen molar-refractivity contribution in [2.75, 3.05) is 12.4 Å². The van der Waals surface area contributed by atoms with Gasteiger partial charge in [-0.05, 0) is 79.1 Å². The van der Waals surface area contributed by atoms with Crippen LogP contribution in [0, 0.1) is 0 Å². The first-order valence-electron chi connectivity index (χ1n) is 11.8. The highest BCUT2D eigenvalue weighted by Gasteiger charge is 2.15. The Labute approximate surface area is 213 Å². The lowest BCUT2D eigenvalue weighted by Crippen LogP contribution is -2.12. The second kappa shape index (κ2) is 10.1. The van der Waals surface area contributed by atoms with Crippen LogP contribution in [0.3, 0.4) is 0 Å². The van der Waals surface area contributed by atoms with Crippen LogP contribution in [-0.4, -0.2) is 44.3 Å². The Hall–Kier alpha value is -4.69. The Morgan fingerprint density at radius 1 is 1.05 bits per heavy atom. The van der Waals surface area contributed by atoms with E-state index in [1.165, 1.54) is 0 Å². The Kier molecular flexibility index (Phi) is 6.57. The molecule has 3 aromatic carbocycles. The summed E-state index contributed by atoms with van der Waals surface area (Å²) >= 11 is 0. The summed E-state index contributed by atoms with van der Waals surface area (Å²) < 4.78 is 5.38. The van der Waals surface area contributed by atoms with Gasteiger partial charge in [-0.3, -0.25) is 4.79 Å². The maximum atomic E-state index is 12.9. The molecule has 0 saturated carbocycles. The summed E-state index contributed by atoms with van der Waals surface area (Å²) in [7, 11) is 1.56. The van der Waals surface area contributed by atoms with Crippen molar-refractivity contribution in [1.82, 2.24) is 15.0 Å². The van der Waals surface area contributed by atoms with Crippen molar-refractivity contribution >= 4 is 22.6 Å². The summed E-state index contributed by atoms with van der Waals surface area (Å²) in [5.41, 5.74) is 5.58. The number of aromatic hydroxyl groups is 1. The lowest BCUT2D eigenvalue weighted by atomic mass is 10.0. The number of hydrogen-bond acceptors (Lipinski definition) is 6. The van der Waals surface area contributed by atoms with E-state index in [9.17, 15) is 15.0 Å². The monoisotopic (exact) mass is 494 g/mol. The van der Waals surface area contributed by atoms with Gasteiger partial charge in [0.05, 0.1) is 29.8 Å². The quantitative estimate of drug-likeness (QED) is 0.247. The number of fused-ring (bicyclic) bond motifs is 1. The molecule has 2 heterocycles. The molecule has 1 amide bonds. The van der Waals surface area contributed by atoms with E-state index in [1.54, 1.807) is 50.6 Å². The van der Waals surface area contributed by atoms with Gasteiger partial charge in [0.1, 0.15) is 11.6 Å². The lowest BCUT2D eigenvalue weighted by molar-refractivity contribution is 0.102. The predicted octanol–water partition coefficient (Wildman–Crippen LogP) is 5.18. The molecule has 37 heavy (non-hydrogen) atoms. The maximum Gasteiger partial charge on any atom is 0.255 e. The number of nitrogens with zero attached hydrogens (tertiary/aromatic N) is 2. The number of phenolic OH excluding ortho intramolecular Hbond substituents is 1. The van der Waals surface area contributed by atoms with Crippen LogP contribution in [0.1, 0.15) is 22.8 Å². The van der Waals surface area contributed by atoms with Crippen molar-refractivity contribution in [2.45, 2.75) is 19.4 Å². The maximum absolute atomic E-state index is 12.9. The van der Waals surface area contributed by atoms with Crippen LogP contribution >= 0.6 is 0 Å². The number of anilines is 1. The van der Waals surface area contributed by atoms with Crippen molar-refractivity contribution in [3.8, 4) is 34.1 Å². The minimum Gasteiger partial charge on any atom is -0.507 e. The van der Waals surface area contributed by atoms with Crippen LogP contribution in [0.15, 0.2) is 79.0 Å². The Bertz CT molecular complexity index is 1580. The van der Waals surface area contributed by atoms with Crippen LogP contribution < -0.4 is 10.1 Å². The number of H-pyrrole nitrogens is 1. The molecule has 8 heteroatoms. The smallest absolute Gasteiger partial charge is 0.255 e. The van der Waals surface area contributed by atoms with Gasteiger partial charge in [0.25, 0.3) is 5.91 Å². The van der Waals surface area contributed by atoms with Crippen molar-refractivity contribution in [1.29, 1.82) is 0 Å². The average Bonchev–Trinajstić information content (AvgIpc) is 3.33. The molecule has 0 saturated heterocycles. The van der Waals surface area contributed by atoms with Crippen molar-refractivity contribution in [3.05, 3.63) is 90.1 Å². The molecule has 5 aromatic rings. The van der Waals surface area contributed by atoms with Crippen molar-refractivity contribution in [2.24, 2.45) is 0 Å². The molecular formula is C29H26N4O4. The fourth-order valence-corrected chi connectivity index (χ4v) is 4.21. The number of benzene rings is 3. The zero-order valence-electron chi connectivity index (χ0n) is 20.4. The number of methoxy groups -OCH3 is 1. The minimum absolute atomic E-state index is 0.0719. The van der Waals surface area contributed by atoms with Gasteiger partial charge in [-0.25, -0.2) is 9.97 Å². The zero-order chi connectivity index (χ0) is 25.9. The molecule has 4 N–H and O–H groups in total. The van der Waals surface area contributed by atoms with Gasteiger partial charge in [0, 0.05) is 23.0 Å². The largest absolute Gasteiger partial charge is 0.507 e. The number of aliphatic hydroxyl groups excluding tert-OH is 1. The Balaban J connectivity index is 1.41. The number of aromatic amines is 1. The number of nitrogens with one attached hydrogen (secondary N) is 2. The third kappa shape index (κ3) is 5.14. The number of carbonyl (C=O) groups excluding carboxylic acids is 1. The van der Waals surface area contributed by atoms with E-state index in [1.807, 2.05) is 42.5 Å². The van der Waals surface area contributed by atoms with Gasteiger partial charge in [-0.1, -0.05) is 18.2 Å². The summed E-state index contributed by atoms with van der Waals surface area (Å²) in [6.07, 6.45) is 1.79. The van der Waals surface area contributed by atoms with E-state index < -0.39 is 6.10 Å². The van der Waals surface area contributed by atoms with E-state index in [4.69, 9.17) is 4.74 Å². The van der Waals surface area contributed by atoms with Crippen LogP contribution in [0.4, 0.5) is 5.69 Å². The first-order chi connectivity index (χ1) is 17.9. The Morgan fingerprint density at radius 3 is 2.62 bits per heavy atom. The van der Waals surface area contributed by atoms with Crippen LogP contribution in [0.25, 0.3) is 33.5 Å². The number of amides is 1. The molecule has 5 rings (SSSR count). The van der Waals surface area contributed by atoms with Gasteiger partial charge in [0.15, 0.2) is 0 Å². The average molecular weight is 495 g/mol. The minimum atomic E-state index is -0.422. The number of aliphatic hydroxyl groups is 1. The summed E-state index contributed by atoms with van der Waals surface area (Å²) in [6, 6.07) is 21.5. The molecule has 1 unspecified atom stereocenters. The van der Waals surface area contributed by atoms with Crippen LogP contribution in [0.2, 0.25) is 0 Å². The van der Waals surface area contributed by atoms with Gasteiger partial charge in [-0.15, -0.1) is 0 Å². The first kappa shape index (κ1) is 24.0. The second-order valence-electron chi connectivity index (χ2n) is 8.81. The number of hydrogen-bond donors (Lipinski definition) is 4. The number of aromatic nitrogens is 3. The fraction of sp³-hybridized carbons (Fsp3) is 0.138. The van der Waals surface area contributed by atoms with Crippen LogP contribution in [-0.2, 0) is 6.42 Å². The van der Waals surface area contributed by atoms with Crippen molar-refractivity contribution in [3.63, 3.8) is 0 Å². The fourth-order valence-electron chi connectivity index (χ4n) is 4.21. The molecule has 0 aliphatic carbocycles. The highest BCUT2D eigenvalue weighted by atomic mass is 16.5. The number of imidazole rings is 1. The van der Waals surface area contributed by atoms with E-state index in [-0.39, 0.29) is 11.7 Å². The molecule has 8 nitrogen and oxygen atoms in total. The third-order valence-corrected chi connectivity index (χ3v) is 6.01. The summed E-state index contributed by atoms with van der Waals surface area (Å²) in [5.74, 6) is 0.776. The number of carbonyl (C=O) groups is 1. The number of rotatable bonds is 7. The lowest BCUT2D eigenvalue weighted by Gasteiger charge is -2.09. The molecule has 2 aromatic heterocycles. The molecule has 0 radical (unpaired) electrons. The predicted molar refractivity (Wildman–Crippen MR) is 143 cm³/mol. The summed E-state index contributed by atoms with van der Waals surface area (Å²) in [5, 5.41) is 23.0. The van der Waals surface area contributed by atoms with E-state index >= 15 is 0 Å². The second-order valence-corrected chi connectivity index (χ2v) is 8.81. The van der Waals surface area contributed by atoms with E-state index in [0.29, 0.717) is 46.0 Å². The molecule has 1 atom stereocenters. The van der Waals surface area contributed by atoms with Crippen molar-refractivity contribution < 1.29 is 19.7 Å². The first-order valence-corrected chi connectivity index (χ1v) is 11.8. The third-order valence-electron chi connectivity index (χ3n) is 6.01. The number of phenols is 1. The number of pyridine rings is 1. The van der Waals surface area contributed by atoms with E-state index in [0.717, 1.165) is 16.7 Å². The molecule has 186 valence electrons. The summed E-state index contributed by atoms with van der Waals surface area (Å²) in [6.45, 7) is 1.74. The Morgan fingerprint density at radius 2 is 1.86 bits per heavy atom. The molecule has 0 aliphatic heterocycles. The highest BCUT2D eigenvalue weighted by Crippen LogP contribution is 2.35. The normalized spacial score (nSPS) is 11.9. The van der Waals surface area contributed by atoms with Gasteiger partial charge in [-0.2, -0.15) is 0 Å². The SMILES string of the molecule is COc1ncccc1-c1ccc(O)c(-c2nc3ccc(C(=O)Nc4ccc(CC(C)O)cc4)cc3[nH]2)c1. The molecule has 0 bridgehead atoms. The van der Waals surface area contributed by atoms with Gasteiger partial charge in [0.2, 0.25) is 5.88 Å². The molecule has 0 fully saturated rings. The van der Waals surface area contributed by atoms with Crippen LogP contribution in [0.5, 0.6) is 11.6 Å². The molecule has 0 aliphatic rings. The molecule has 0 spiro atoms. The highest BCUT2D eigenvalue weighted by molar-refractivity contribution is 6.06. The topological polar surface area (TPSA) is 120 Å². The summed E-state index contributed by atoms with van der Waals surface area (Å²) in [4.78, 5) is 25.0. The zero-order valence-corrected chi connectivity index (χ0v) is 20.4. The standard InChI is InChI=1S/C29H26N4O4/c1-17(34)14-18-5-9-21(10-6-18)31-28(36)20-7-11-24-25(16-20)33-27(32-24)23-15-19(8-12-26(23)35)22-4-3-13-30-29(22)37-2/h3-13,15-17,34-35H,14H2,1-2H3,(H,31,36)(H,32,33). The van der Waals surface area contributed by atoms with E-state index in [2.05, 4.69) is 20.3 Å².